The van der Waals surface area contributed by atoms with Crippen LogP contribution in [0.25, 0.3) is 10.9 Å². The Morgan fingerprint density at radius 1 is 1.06 bits per heavy atom. The van der Waals surface area contributed by atoms with Gasteiger partial charge in [0.15, 0.2) is 6.61 Å². The zero-order chi connectivity index (χ0) is 24.1. The second kappa shape index (κ2) is 10.3. The third-order valence-corrected chi connectivity index (χ3v) is 5.93. The molecule has 0 radical (unpaired) electrons. The van der Waals surface area contributed by atoms with Gasteiger partial charge < -0.3 is 30.2 Å². The number of fused-ring (bicyclic) bond motifs is 1. The molecule has 178 valence electrons. The van der Waals surface area contributed by atoms with Gasteiger partial charge in [-0.25, -0.2) is 4.98 Å². The Kier molecular flexibility index (Phi) is 7.01. The number of pyridine rings is 1. The first-order chi connectivity index (χ1) is 16.5. The Balaban J connectivity index is 1.46. The summed E-state index contributed by atoms with van der Waals surface area (Å²) in [4.78, 5) is 31.0. The maximum atomic E-state index is 12.6. The van der Waals surface area contributed by atoms with Crippen LogP contribution in [-0.2, 0) is 9.59 Å². The predicted molar refractivity (Wildman–Crippen MR) is 130 cm³/mol. The van der Waals surface area contributed by atoms with Crippen molar-refractivity contribution in [2.24, 2.45) is 11.7 Å². The van der Waals surface area contributed by atoms with Crippen LogP contribution < -0.4 is 30.2 Å². The average Bonchev–Trinajstić information content (AvgIpc) is 2.87. The van der Waals surface area contributed by atoms with Crippen LogP contribution in [0.5, 0.6) is 17.2 Å². The number of aromatic nitrogens is 1. The lowest BCUT2D eigenvalue weighted by atomic mass is 9.96. The second-order valence-electron chi connectivity index (χ2n) is 8.06. The molecule has 1 aliphatic heterocycles. The van der Waals surface area contributed by atoms with E-state index in [9.17, 15) is 9.59 Å². The molecule has 0 spiro atoms. The number of nitrogens with zero attached hydrogens (tertiary/aromatic N) is 2. The third kappa shape index (κ3) is 5.14. The average molecular weight is 465 g/mol. The van der Waals surface area contributed by atoms with E-state index in [0.717, 1.165) is 11.2 Å². The van der Waals surface area contributed by atoms with E-state index in [1.54, 1.807) is 31.4 Å². The molecule has 1 aliphatic rings. The van der Waals surface area contributed by atoms with E-state index in [0.29, 0.717) is 54.4 Å². The summed E-state index contributed by atoms with van der Waals surface area (Å²) in [7, 11) is 3.09. The minimum atomic E-state index is -0.340. The first-order valence-electron chi connectivity index (χ1n) is 11.1. The van der Waals surface area contributed by atoms with Gasteiger partial charge in [-0.2, -0.15) is 0 Å². The van der Waals surface area contributed by atoms with Crippen molar-refractivity contribution in [3.8, 4) is 17.2 Å². The number of hydrogen-bond acceptors (Lipinski definition) is 7. The molecule has 9 heteroatoms. The molecule has 1 fully saturated rings. The van der Waals surface area contributed by atoms with Crippen LogP contribution in [-0.4, -0.2) is 50.7 Å². The number of para-hydroxylation sites is 1. The monoisotopic (exact) mass is 464 g/mol. The lowest BCUT2D eigenvalue weighted by Gasteiger charge is -2.31. The first-order valence-corrected chi connectivity index (χ1v) is 11.1. The van der Waals surface area contributed by atoms with Gasteiger partial charge in [0.25, 0.3) is 5.91 Å². The van der Waals surface area contributed by atoms with E-state index in [1.807, 2.05) is 24.3 Å². The standard InChI is InChI=1S/C25H28N4O5/c1-32-18-7-8-20(33-2)19(14-18)27-23(30)15-34-21-5-3-4-16-6-9-22(28-24(16)21)29-12-10-17(11-13-29)25(26)31/h3-9,14,17H,10-13,15H2,1-2H3,(H2,26,31)(H,27,30). The van der Waals surface area contributed by atoms with Gasteiger partial charge in [0, 0.05) is 30.5 Å². The fraction of sp³-hybridized carbons (Fsp3) is 0.320. The summed E-state index contributed by atoms with van der Waals surface area (Å²) in [5.41, 5.74) is 6.61. The summed E-state index contributed by atoms with van der Waals surface area (Å²) >= 11 is 0. The molecule has 2 heterocycles. The number of carbonyl (C=O) groups is 2. The molecule has 1 saturated heterocycles. The van der Waals surface area contributed by atoms with Crippen molar-refractivity contribution >= 4 is 34.2 Å². The molecule has 4 rings (SSSR count). The number of amides is 2. The normalized spacial score (nSPS) is 14.0. The Bertz CT molecular complexity index is 1190. The topological polar surface area (TPSA) is 116 Å². The number of piperidine rings is 1. The molecule has 9 nitrogen and oxygen atoms in total. The Hall–Kier alpha value is -4.01. The fourth-order valence-corrected chi connectivity index (χ4v) is 4.04. The van der Waals surface area contributed by atoms with E-state index in [1.165, 1.54) is 7.11 Å². The van der Waals surface area contributed by atoms with Gasteiger partial charge in [0.1, 0.15) is 28.6 Å². The summed E-state index contributed by atoms with van der Waals surface area (Å²) in [6, 6.07) is 14.7. The molecule has 34 heavy (non-hydrogen) atoms. The van der Waals surface area contributed by atoms with E-state index in [-0.39, 0.29) is 24.3 Å². The van der Waals surface area contributed by atoms with Crippen molar-refractivity contribution < 1.29 is 23.8 Å². The van der Waals surface area contributed by atoms with Crippen molar-refractivity contribution in [2.75, 3.05) is 44.1 Å². The zero-order valence-corrected chi connectivity index (χ0v) is 19.2. The number of anilines is 2. The van der Waals surface area contributed by atoms with Gasteiger partial charge >= 0.3 is 0 Å². The Labute approximate surface area is 197 Å². The molecule has 3 N–H and O–H groups in total. The van der Waals surface area contributed by atoms with Gasteiger partial charge in [-0.1, -0.05) is 12.1 Å². The number of benzene rings is 2. The molecule has 2 aromatic carbocycles. The predicted octanol–water partition coefficient (Wildman–Crippen LogP) is 2.97. The van der Waals surface area contributed by atoms with Crippen LogP contribution >= 0.6 is 0 Å². The first kappa shape index (κ1) is 23.2. The van der Waals surface area contributed by atoms with Crippen LogP contribution in [0.2, 0.25) is 0 Å². The highest BCUT2D eigenvalue weighted by molar-refractivity contribution is 5.94. The molecular weight excluding hydrogens is 436 g/mol. The van der Waals surface area contributed by atoms with Crippen molar-refractivity contribution in [2.45, 2.75) is 12.8 Å². The minimum absolute atomic E-state index is 0.0858. The highest BCUT2D eigenvalue weighted by Crippen LogP contribution is 2.30. The number of nitrogens with two attached hydrogens (primary N) is 1. The van der Waals surface area contributed by atoms with E-state index in [2.05, 4.69) is 10.2 Å². The van der Waals surface area contributed by atoms with Crippen LogP contribution in [0, 0.1) is 5.92 Å². The zero-order valence-electron chi connectivity index (χ0n) is 19.2. The molecule has 0 saturated carbocycles. The number of nitrogens with one attached hydrogen (secondary N) is 1. The minimum Gasteiger partial charge on any atom is -0.497 e. The number of carbonyl (C=O) groups excluding carboxylic acids is 2. The maximum absolute atomic E-state index is 12.6. The molecule has 0 unspecified atom stereocenters. The van der Waals surface area contributed by atoms with Crippen molar-refractivity contribution in [1.82, 2.24) is 4.98 Å². The molecule has 1 aromatic heterocycles. The lowest BCUT2D eigenvalue weighted by molar-refractivity contribution is -0.122. The number of rotatable bonds is 8. The van der Waals surface area contributed by atoms with E-state index in [4.69, 9.17) is 24.9 Å². The van der Waals surface area contributed by atoms with Crippen LogP contribution in [0.1, 0.15) is 12.8 Å². The summed E-state index contributed by atoms with van der Waals surface area (Å²) in [5.74, 6) is 1.77. The van der Waals surface area contributed by atoms with E-state index >= 15 is 0 Å². The summed E-state index contributed by atoms with van der Waals surface area (Å²) < 4.78 is 16.4. The highest BCUT2D eigenvalue weighted by Gasteiger charge is 2.24. The number of ether oxygens (including phenoxy) is 3. The van der Waals surface area contributed by atoms with E-state index < -0.39 is 0 Å². The molecule has 3 aromatic rings. The summed E-state index contributed by atoms with van der Waals surface area (Å²) in [5, 5.41) is 3.70. The smallest absolute Gasteiger partial charge is 0.262 e. The third-order valence-electron chi connectivity index (χ3n) is 5.93. The van der Waals surface area contributed by atoms with Gasteiger partial charge in [0.05, 0.1) is 19.9 Å². The van der Waals surface area contributed by atoms with Gasteiger partial charge in [-0.3, -0.25) is 9.59 Å². The molecule has 2 amide bonds. The second-order valence-corrected chi connectivity index (χ2v) is 8.06. The maximum Gasteiger partial charge on any atom is 0.262 e. The van der Waals surface area contributed by atoms with Crippen LogP contribution in [0.3, 0.4) is 0 Å². The summed E-state index contributed by atoms with van der Waals surface area (Å²) in [6.07, 6.45) is 1.42. The largest absolute Gasteiger partial charge is 0.497 e. The lowest BCUT2D eigenvalue weighted by Crippen LogP contribution is -2.38. The van der Waals surface area contributed by atoms with Crippen LogP contribution in [0.4, 0.5) is 11.5 Å². The Morgan fingerprint density at radius 3 is 2.56 bits per heavy atom. The fourth-order valence-electron chi connectivity index (χ4n) is 4.04. The number of methoxy groups -OCH3 is 2. The van der Waals surface area contributed by atoms with Gasteiger partial charge in [0.2, 0.25) is 5.91 Å². The van der Waals surface area contributed by atoms with Gasteiger partial charge in [-0.15, -0.1) is 0 Å². The molecular formula is C25H28N4O5. The quantitative estimate of drug-likeness (QED) is 0.526. The van der Waals surface area contributed by atoms with Crippen molar-refractivity contribution in [3.63, 3.8) is 0 Å². The number of hydrogen-bond donors (Lipinski definition) is 2. The van der Waals surface area contributed by atoms with Crippen LogP contribution in [0.15, 0.2) is 48.5 Å². The van der Waals surface area contributed by atoms with Crippen molar-refractivity contribution in [1.29, 1.82) is 0 Å². The molecule has 0 aliphatic carbocycles. The molecule has 0 bridgehead atoms. The summed E-state index contributed by atoms with van der Waals surface area (Å²) in [6.45, 7) is 1.22. The number of primary amides is 1. The van der Waals surface area contributed by atoms with Crippen molar-refractivity contribution in [3.05, 3.63) is 48.5 Å². The molecule has 0 atom stereocenters. The Morgan fingerprint density at radius 2 is 1.85 bits per heavy atom. The highest BCUT2D eigenvalue weighted by atomic mass is 16.5. The van der Waals surface area contributed by atoms with Gasteiger partial charge in [-0.05, 0) is 43.2 Å². The SMILES string of the molecule is COc1ccc(OC)c(NC(=O)COc2cccc3ccc(N4CCC(C(N)=O)CC4)nc23)c1.